The van der Waals surface area contributed by atoms with E-state index in [1.807, 2.05) is 6.92 Å². The molecule has 0 radical (unpaired) electrons. The number of carbonyl (C=O) groups is 7. The van der Waals surface area contributed by atoms with E-state index in [4.69, 9.17) is 37.9 Å². The largest absolute Gasteiger partial charge is 0.459 e. The summed E-state index contributed by atoms with van der Waals surface area (Å²) in [6.07, 6.45) is -8.31. The average Bonchev–Trinajstić information content (AvgIpc) is 4.02. The molecule has 16 heteroatoms. The molecule has 320 valence electrons. The van der Waals surface area contributed by atoms with Gasteiger partial charge in [-0.05, 0) is 32.1 Å². The number of ketones is 1. The standard InChI is InChI=1S/C42H56O16/c1-14(2)35(48)55-30-22-24-28(47)26-23(16(5)32-42(56-32)40(26,11)41(12,37(50)58-42)57-36(49)15(3)4)39(24,10)34(53-19(8)45)31(51-17(6)43)25(22)38(9)20(27(30)46)13-21-29(54-21)33(38)52-18(7)44/h14-16,20-26,28-34,47H,13H2,1-12H3/t16?,20-,21+,22+,23+,24-,25-,26+,28-,29+,30-,31+,32-,33+,34+,38+,39-,40+,41-,42+/m1/s1. The maximum atomic E-state index is 15.3. The summed E-state index contributed by atoms with van der Waals surface area (Å²) in [5.41, 5.74) is -6.36. The van der Waals surface area contributed by atoms with Crippen LogP contribution in [0.15, 0.2) is 0 Å². The number of carbonyl (C=O) groups excluding carboxylic acids is 7. The van der Waals surface area contributed by atoms with Crippen molar-refractivity contribution in [2.45, 2.75) is 150 Å². The van der Waals surface area contributed by atoms with Crippen molar-refractivity contribution in [3.05, 3.63) is 0 Å². The molecule has 1 unspecified atom stereocenters. The van der Waals surface area contributed by atoms with E-state index in [1.54, 1.807) is 48.5 Å². The lowest BCUT2D eigenvalue weighted by atomic mass is 9.41. The van der Waals surface area contributed by atoms with E-state index in [2.05, 4.69) is 0 Å². The highest BCUT2D eigenvalue weighted by Crippen LogP contribution is 2.81. The Bertz CT molecular complexity index is 1880. The molecule has 5 aliphatic carbocycles. The predicted molar refractivity (Wildman–Crippen MR) is 193 cm³/mol. The van der Waals surface area contributed by atoms with Gasteiger partial charge in [-0.1, -0.05) is 48.5 Å². The minimum Gasteiger partial charge on any atom is -0.459 e. The molecule has 8 aliphatic rings. The number of ether oxygens (including phenoxy) is 8. The summed E-state index contributed by atoms with van der Waals surface area (Å²) in [5.74, 6) is -14.2. The van der Waals surface area contributed by atoms with Crippen LogP contribution in [0.25, 0.3) is 0 Å². The lowest BCUT2D eigenvalue weighted by Gasteiger charge is -2.65. The Morgan fingerprint density at radius 1 is 0.759 bits per heavy atom. The van der Waals surface area contributed by atoms with Gasteiger partial charge in [0.2, 0.25) is 5.60 Å². The van der Waals surface area contributed by atoms with E-state index in [0.717, 1.165) is 0 Å². The molecule has 1 spiro atoms. The zero-order valence-electron chi connectivity index (χ0n) is 35.1. The van der Waals surface area contributed by atoms with Crippen molar-refractivity contribution in [2.75, 3.05) is 0 Å². The van der Waals surface area contributed by atoms with E-state index in [0.29, 0.717) is 0 Å². The Morgan fingerprint density at radius 3 is 1.91 bits per heavy atom. The Morgan fingerprint density at radius 2 is 1.34 bits per heavy atom. The fraction of sp³-hybridized carbons (Fsp3) is 0.833. The van der Waals surface area contributed by atoms with Crippen molar-refractivity contribution in [3.8, 4) is 0 Å². The van der Waals surface area contributed by atoms with Crippen LogP contribution in [0, 0.1) is 69.5 Å². The fourth-order valence-corrected chi connectivity index (χ4v) is 13.7. The number of esters is 6. The summed E-state index contributed by atoms with van der Waals surface area (Å²) in [4.78, 5) is 96.2. The van der Waals surface area contributed by atoms with Gasteiger partial charge in [-0.25, -0.2) is 4.79 Å². The smallest absolute Gasteiger partial charge is 0.353 e. The molecule has 5 saturated carbocycles. The van der Waals surface area contributed by atoms with Gasteiger partial charge in [0.25, 0.3) is 5.79 Å². The average molecular weight is 817 g/mol. The summed E-state index contributed by atoms with van der Waals surface area (Å²) < 4.78 is 49.6. The number of Topliss-reactive ketones (excluding diaryl/α,β-unsaturated/α-hetero) is 1. The molecule has 1 N–H and O–H groups in total. The van der Waals surface area contributed by atoms with Crippen molar-refractivity contribution < 1.29 is 76.6 Å². The van der Waals surface area contributed by atoms with Crippen LogP contribution >= 0.6 is 0 Å². The van der Waals surface area contributed by atoms with Gasteiger partial charge in [0, 0.05) is 61.2 Å². The van der Waals surface area contributed by atoms with E-state index in [-0.39, 0.29) is 6.42 Å². The molecule has 0 aromatic heterocycles. The molecule has 0 aromatic carbocycles. The first-order chi connectivity index (χ1) is 26.9. The molecular formula is C42H56O16. The van der Waals surface area contributed by atoms with E-state index >= 15 is 4.79 Å². The van der Waals surface area contributed by atoms with Crippen LogP contribution < -0.4 is 0 Å². The molecule has 3 aliphatic heterocycles. The third-order valence-corrected chi connectivity index (χ3v) is 16.2. The topological polar surface area (TPSA) is 220 Å². The van der Waals surface area contributed by atoms with Crippen molar-refractivity contribution in [1.29, 1.82) is 0 Å². The summed E-state index contributed by atoms with van der Waals surface area (Å²) in [6.45, 7) is 18.8. The van der Waals surface area contributed by atoms with Crippen molar-refractivity contribution in [3.63, 3.8) is 0 Å². The van der Waals surface area contributed by atoms with Gasteiger partial charge >= 0.3 is 35.8 Å². The Kier molecular flexibility index (Phi) is 9.00. The molecule has 16 nitrogen and oxygen atoms in total. The molecule has 0 aromatic rings. The highest BCUT2D eigenvalue weighted by molar-refractivity contribution is 5.91. The molecule has 58 heavy (non-hydrogen) atoms. The Balaban J connectivity index is 1.40. The third-order valence-electron chi connectivity index (χ3n) is 16.2. The van der Waals surface area contributed by atoms with Gasteiger partial charge < -0.3 is 43.0 Å². The first-order valence-electron chi connectivity index (χ1n) is 20.6. The van der Waals surface area contributed by atoms with Gasteiger partial charge in [0.15, 0.2) is 11.9 Å². The number of fused-ring (bicyclic) bond motifs is 9. The highest BCUT2D eigenvalue weighted by atomic mass is 16.8. The molecule has 8 rings (SSSR count). The second-order valence-electron chi connectivity index (χ2n) is 19.6. The number of rotatable bonds is 7. The van der Waals surface area contributed by atoms with Gasteiger partial charge in [-0.2, -0.15) is 0 Å². The van der Waals surface area contributed by atoms with Crippen molar-refractivity contribution in [2.24, 2.45) is 69.5 Å². The molecule has 0 amide bonds. The van der Waals surface area contributed by atoms with Crippen LogP contribution in [0.5, 0.6) is 0 Å². The number of hydrogen-bond donors (Lipinski definition) is 1. The first kappa shape index (κ1) is 41.1. The maximum absolute atomic E-state index is 15.3. The Labute approximate surface area is 336 Å². The van der Waals surface area contributed by atoms with Crippen LogP contribution in [-0.2, 0) is 71.5 Å². The maximum Gasteiger partial charge on any atom is 0.353 e. The monoisotopic (exact) mass is 816 g/mol. The predicted octanol–water partition coefficient (Wildman–Crippen LogP) is 2.47. The van der Waals surface area contributed by atoms with Gasteiger partial charge in [0.05, 0.1) is 29.5 Å². The second kappa shape index (κ2) is 12.7. The summed E-state index contributed by atoms with van der Waals surface area (Å²) in [7, 11) is 0. The minimum absolute atomic E-state index is 0.188. The summed E-state index contributed by atoms with van der Waals surface area (Å²) in [6, 6.07) is 0. The van der Waals surface area contributed by atoms with Crippen LogP contribution in [0.4, 0.5) is 0 Å². The van der Waals surface area contributed by atoms with Gasteiger partial charge in [0.1, 0.15) is 30.5 Å². The molecular weight excluding hydrogens is 760 g/mol. The normalized spacial score (nSPS) is 51.3. The van der Waals surface area contributed by atoms with Crippen LogP contribution in [-0.4, -0.2) is 107 Å². The SMILES string of the molecule is CC(=O)O[C@H]1[C@H]2[C@H]([C@@H]3[C@@H](O)[C@@H]4[C@H](C(C)[C@H]5O[C@]56OC(=O)[C@@](C)(OC(=O)C(C)C)[C@]46C)[C@@]3(C)[C@H]1OC(C)=O)[C@@H](OC(=O)C(C)C)C(=O)[C@H]1C[C@@H]3O[C@@H]3[C@H](OC(C)=O)[C@]21C. The minimum atomic E-state index is -1.99. The molecule has 20 atom stereocenters. The fourth-order valence-electron chi connectivity index (χ4n) is 13.7. The van der Waals surface area contributed by atoms with Crippen molar-refractivity contribution in [1.82, 2.24) is 0 Å². The van der Waals surface area contributed by atoms with E-state index in [1.165, 1.54) is 27.7 Å². The molecule has 8 fully saturated rings. The quantitative estimate of drug-likeness (QED) is 0.222. The number of aliphatic hydroxyl groups excluding tert-OH is 1. The lowest BCUT2D eigenvalue weighted by molar-refractivity contribution is -0.275. The second-order valence-corrected chi connectivity index (χ2v) is 19.6. The highest BCUT2D eigenvalue weighted by Gasteiger charge is 2.94. The molecule has 0 bridgehead atoms. The van der Waals surface area contributed by atoms with Crippen LogP contribution in [0.2, 0.25) is 0 Å². The molecule has 3 heterocycles. The third kappa shape index (κ3) is 4.93. The summed E-state index contributed by atoms with van der Waals surface area (Å²) in [5, 5.41) is 13.4. The number of hydrogen-bond acceptors (Lipinski definition) is 16. The molecule has 3 saturated heterocycles. The van der Waals surface area contributed by atoms with Crippen LogP contribution in [0.3, 0.4) is 0 Å². The Hall–Kier alpha value is -3.63. The number of aliphatic hydroxyl groups is 1. The zero-order chi connectivity index (χ0) is 42.7. The van der Waals surface area contributed by atoms with E-state index in [9.17, 15) is 33.9 Å². The lowest BCUT2D eigenvalue weighted by Crippen LogP contribution is -2.75. The van der Waals surface area contributed by atoms with Crippen LogP contribution in [0.1, 0.15) is 89.5 Å². The van der Waals surface area contributed by atoms with E-state index < -0.39 is 171 Å². The zero-order valence-corrected chi connectivity index (χ0v) is 35.1. The summed E-state index contributed by atoms with van der Waals surface area (Å²) >= 11 is 0. The number of epoxide rings is 2. The first-order valence-corrected chi connectivity index (χ1v) is 20.6. The van der Waals surface area contributed by atoms with Crippen molar-refractivity contribution >= 4 is 41.6 Å². The van der Waals surface area contributed by atoms with Gasteiger partial charge in [-0.3, -0.25) is 28.8 Å². The van der Waals surface area contributed by atoms with Gasteiger partial charge in [-0.15, -0.1) is 0 Å².